The average molecular weight is 326 g/mol. The first-order chi connectivity index (χ1) is 10.5. The van der Waals surface area contributed by atoms with Gasteiger partial charge in [0.2, 0.25) is 11.8 Å². The van der Waals surface area contributed by atoms with Crippen LogP contribution >= 0.6 is 11.6 Å². The number of hydrogen-bond acceptors (Lipinski definition) is 4. The van der Waals surface area contributed by atoms with Crippen LogP contribution in [0.15, 0.2) is 24.5 Å². The molecule has 1 aliphatic heterocycles. The van der Waals surface area contributed by atoms with Crippen molar-refractivity contribution in [1.29, 1.82) is 0 Å². The quantitative estimate of drug-likeness (QED) is 0.938. The van der Waals surface area contributed by atoms with Crippen molar-refractivity contribution in [3.05, 3.63) is 35.1 Å². The number of anilines is 1. The van der Waals surface area contributed by atoms with E-state index in [9.17, 15) is 13.6 Å². The summed E-state index contributed by atoms with van der Waals surface area (Å²) in [5.41, 5.74) is 2.54. The van der Waals surface area contributed by atoms with Crippen molar-refractivity contribution in [3.63, 3.8) is 0 Å². The van der Waals surface area contributed by atoms with Crippen molar-refractivity contribution in [2.45, 2.75) is 12.8 Å². The van der Waals surface area contributed by atoms with Gasteiger partial charge in [-0.1, -0.05) is 17.7 Å². The van der Waals surface area contributed by atoms with Crippen LogP contribution in [0.4, 0.5) is 14.5 Å². The van der Waals surface area contributed by atoms with Gasteiger partial charge in [0.1, 0.15) is 0 Å². The van der Waals surface area contributed by atoms with Crippen molar-refractivity contribution in [1.82, 2.24) is 9.97 Å². The number of benzene rings is 1. The molecule has 2 heterocycles. The van der Waals surface area contributed by atoms with E-state index in [2.05, 4.69) is 15.3 Å². The first-order valence-corrected chi connectivity index (χ1v) is 6.77. The van der Waals surface area contributed by atoms with Gasteiger partial charge in [-0.3, -0.25) is 4.79 Å². The van der Waals surface area contributed by atoms with Gasteiger partial charge >= 0.3 is 0 Å². The van der Waals surface area contributed by atoms with Crippen molar-refractivity contribution in [2.24, 2.45) is 0 Å². The van der Waals surface area contributed by atoms with E-state index in [-0.39, 0.29) is 18.2 Å². The summed E-state index contributed by atoms with van der Waals surface area (Å²) >= 11 is 6.05. The molecule has 0 atom stereocenters. The van der Waals surface area contributed by atoms with Crippen LogP contribution in [0.1, 0.15) is 5.56 Å². The monoisotopic (exact) mass is 325 g/mol. The molecule has 0 aliphatic carbocycles. The Morgan fingerprint density at radius 2 is 2.14 bits per heavy atom. The number of amides is 1. The highest BCUT2D eigenvalue weighted by Gasteiger charge is 2.24. The van der Waals surface area contributed by atoms with Gasteiger partial charge < -0.3 is 10.1 Å². The van der Waals surface area contributed by atoms with Crippen LogP contribution < -0.4 is 10.1 Å². The smallest absolute Gasteiger partial charge is 0.272 e. The van der Waals surface area contributed by atoms with Crippen molar-refractivity contribution < 1.29 is 18.3 Å². The molecule has 3 rings (SSSR count). The van der Waals surface area contributed by atoms with Gasteiger partial charge in [-0.25, -0.2) is 18.7 Å². The molecule has 114 valence electrons. The number of nitrogens with one attached hydrogen (secondary N) is 1. The number of carbonyl (C=O) groups excluding carboxylic acids is 1. The lowest BCUT2D eigenvalue weighted by Gasteiger charge is -2.09. The molecule has 1 aromatic carbocycles. The Hall–Kier alpha value is -2.28. The van der Waals surface area contributed by atoms with Gasteiger partial charge in [0.25, 0.3) is 6.43 Å². The minimum Gasteiger partial charge on any atom is -0.470 e. The first kappa shape index (κ1) is 14.6. The number of alkyl halides is 2. The zero-order valence-corrected chi connectivity index (χ0v) is 11.9. The number of carbonyl (C=O) groups is 1. The first-order valence-electron chi connectivity index (χ1n) is 6.39. The number of ether oxygens (including phenoxy) is 1. The van der Waals surface area contributed by atoms with Crippen LogP contribution in [0.25, 0.3) is 11.3 Å². The molecule has 0 bridgehead atoms. The Morgan fingerprint density at radius 3 is 2.82 bits per heavy atom. The Kier molecular flexibility index (Phi) is 3.89. The number of aromatic nitrogens is 2. The van der Waals surface area contributed by atoms with Crippen LogP contribution in [-0.2, 0) is 11.2 Å². The minimum atomic E-state index is -2.57. The molecule has 0 fully saturated rings. The fraction of sp³-hybridized carbons (Fsp3) is 0.214. The standard InChI is InChI=1S/C14H10ClF2N3O2/c15-9-2-1-7(8-3-12(21)20-14(8)9)10-4-19-13(5-18-10)22-6-11(16)17/h1-2,4-5,11H,3,6H2,(H,20,21). The highest BCUT2D eigenvalue weighted by molar-refractivity contribution is 6.34. The molecule has 0 saturated carbocycles. The molecule has 2 aromatic rings. The summed E-state index contributed by atoms with van der Waals surface area (Å²) in [7, 11) is 0. The van der Waals surface area contributed by atoms with E-state index >= 15 is 0 Å². The summed E-state index contributed by atoms with van der Waals surface area (Å²) in [5, 5.41) is 3.15. The molecule has 0 saturated heterocycles. The fourth-order valence-electron chi connectivity index (χ4n) is 2.20. The highest BCUT2D eigenvalue weighted by atomic mass is 35.5. The SMILES string of the molecule is O=C1Cc2c(-c3cnc(OCC(F)F)cn3)ccc(Cl)c2N1. The zero-order valence-electron chi connectivity index (χ0n) is 11.1. The van der Waals surface area contributed by atoms with Crippen LogP contribution in [0.2, 0.25) is 5.02 Å². The molecule has 5 nitrogen and oxygen atoms in total. The largest absolute Gasteiger partial charge is 0.470 e. The third-order valence-corrected chi connectivity index (χ3v) is 3.44. The Morgan fingerprint density at radius 1 is 1.32 bits per heavy atom. The van der Waals surface area contributed by atoms with Crippen LogP contribution in [0.5, 0.6) is 5.88 Å². The predicted molar refractivity (Wildman–Crippen MR) is 76.3 cm³/mol. The van der Waals surface area contributed by atoms with Crippen LogP contribution in [0, 0.1) is 0 Å². The second kappa shape index (κ2) is 5.84. The topological polar surface area (TPSA) is 64.1 Å². The van der Waals surface area contributed by atoms with E-state index in [0.717, 1.165) is 5.56 Å². The van der Waals surface area contributed by atoms with Gasteiger partial charge in [0.05, 0.1) is 35.2 Å². The second-order valence-electron chi connectivity index (χ2n) is 4.62. The lowest BCUT2D eigenvalue weighted by atomic mass is 10.0. The third-order valence-electron chi connectivity index (χ3n) is 3.13. The van der Waals surface area contributed by atoms with Gasteiger partial charge in [-0.15, -0.1) is 0 Å². The average Bonchev–Trinajstić information content (AvgIpc) is 2.89. The maximum atomic E-state index is 12.1. The minimum absolute atomic E-state index is 0.0175. The lowest BCUT2D eigenvalue weighted by Crippen LogP contribution is -2.08. The molecule has 8 heteroatoms. The zero-order chi connectivity index (χ0) is 15.7. The van der Waals surface area contributed by atoms with Gasteiger partial charge in [0, 0.05) is 5.56 Å². The highest BCUT2D eigenvalue weighted by Crippen LogP contribution is 2.37. The summed E-state index contributed by atoms with van der Waals surface area (Å²) < 4.78 is 28.9. The van der Waals surface area contributed by atoms with Crippen molar-refractivity contribution >= 4 is 23.2 Å². The van der Waals surface area contributed by atoms with Crippen molar-refractivity contribution in [3.8, 4) is 17.1 Å². The number of nitrogens with zero attached hydrogens (tertiary/aromatic N) is 2. The lowest BCUT2D eigenvalue weighted by molar-refractivity contribution is -0.115. The summed E-state index contributed by atoms with van der Waals surface area (Å²) in [5.74, 6) is -0.127. The van der Waals surface area contributed by atoms with E-state index in [4.69, 9.17) is 16.3 Å². The Bertz CT molecular complexity index is 723. The maximum Gasteiger partial charge on any atom is 0.272 e. The summed E-state index contributed by atoms with van der Waals surface area (Å²) in [6.45, 7) is -0.733. The number of hydrogen-bond donors (Lipinski definition) is 1. The van der Waals surface area contributed by atoms with Gasteiger partial charge in [-0.05, 0) is 11.6 Å². The maximum absolute atomic E-state index is 12.1. The van der Waals surface area contributed by atoms with Gasteiger partial charge in [0.15, 0.2) is 6.61 Å². The third kappa shape index (κ3) is 2.85. The second-order valence-corrected chi connectivity index (χ2v) is 5.02. The molecule has 0 unspecified atom stereocenters. The molecular weight excluding hydrogens is 316 g/mol. The van der Waals surface area contributed by atoms with E-state index in [1.807, 2.05) is 0 Å². The van der Waals surface area contributed by atoms with Crippen LogP contribution in [-0.4, -0.2) is 28.9 Å². The summed E-state index contributed by atoms with van der Waals surface area (Å²) in [6.07, 6.45) is 0.310. The predicted octanol–water partition coefficient (Wildman–Crippen LogP) is 2.94. The van der Waals surface area contributed by atoms with E-state index in [1.165, 1.54) is 12.4 Å². The molecule has 1 amide bonds. The summed E-state index contributed by atoms with van der Waals surface area (Å²) in [4.78, 5) is 19.6. The van der Waals surface area contributed by atoms with Crippen LogP contribution in [0.3, 0.4) is 0 Å². The van der Waals surface area contributed by atoms with Gasteiger partial charge in [-0.2, -0.15) is 0 Å². The number of halogens is 3. The number of rotatable bonds is 4. The Labute approximate surface area is 129 Å². The van der Waals surface area contributed by atoms with E-state index in [0.29, 0.717) is 22.0 Å². The van der Waals surface area contributed by atoms with Crippen molar-refractivity contribution in [2.75, 3.05) is 11.9 Å². The van der Waals surface area contributed by atoms with E-state index in [1.54, 1.807) is 12.1 Å². The molecular formula is C14H10ClF2N3O2. The number of fused-ring (bicyclic) bond motifs is 1. The fourth-order valence-corrected chi connectivity index (χ4v) is 2.42. The molecule has 1 N–H and O–H groups in total. The molecule has 22 heavy (non-hydrogen) atoms. The molecule has 1 aliphatic rings. The molecule has 0 radical (unpaired) electrons. The summed E-state index contributed by atoms with van der Waals surface area (Å²) in [6, 6.07) is 3.40. The van der Waals surface area contributed by atoms with E-state index < -0.39 is 13.0 Å². The molecule has 1 aromatic heterocycles. The Balaban J connectivity index is 1.89. The molecule has 0 spiro atoms. The normalized spacial score (nSPS) is 13.2.